The van der Waals surface area contributed by atoms with Crippen LogP contribution >= 0.6 is 11.8 Å². The van der Waals surface area contributed by atoms with Crippen molar-refractivity contribution in [3.8, 4) is 0 Å². The first kappa shape index (κ1) is 18.3. The largest absolute Gasteiger partial charge is 0.342 e. The molecule has 2 aromatic rings. The highest BCUT2D eigenvalue weighted by molar-refractivity contribution is 8.00. The number of H-pyrrole nitrogens is 1. The predicted molar refractivity (Wildman–Crippen MR) is 105 cm³/mol. The number of hydrogen-bond donors (Lipinski definition) is 2. The summed E-state index contributed by atoms with van der Waals surface area (Å²) in [6.07, 6.45) is 3.49. The molecule has 1 fully saturated rings. The molecule has 0 aliphatic carbocycles. The number of aromatic nitrogens is 2. The Morgan fingerprint density at radius 3 is 2.88 bits per heavy atom. The van der Waals surface area contributed by atoms with Crippen molar-refractivity contribution in [2.75, 3.05) is 32.4 Å². The number of para-hydroxylation sites is 2. The summed E-state index contributed by atoms with van der Waals surface area (Å²) >= 11 is 1.67. The molecule has 1 aromatic carbocycles. The highest BCUT2D eigenvalue weighted by atomic mass is 32.2. The molecule has 1 aliphatic rings. The molecule has 1 unspecified atom stereocenters. The van der Waals surface area contributed by atoms with Gasteiger partial charge >= 0.3 is 0 Å². The lowest BCUT2D eigenvalue weighted by atomic mass is 9.93. The molecule has 2 N–H and O–H groups in total. The fraction of sp³-hybridized carbons (Fsp3) is 0.579. The first-order valence-corrected chi connectivity index (χ1v) is 10.2. The Morgan fingerprint density at radius 1 is 1.40 bits per heavy atom. The minimum absolute atomic E-state index is 0.185. The van der Waals surface area contributed by atoms with E-state index >= 15 is 0 Å². The van der Waals surface area contributed by atoms with Gasteiger partial charge in [-0.3, -0.25) is 4.79 Å². The van der Waals surface area contributed by atoms with Crippen LogP contribution in [0.1, 0.15) is 37.3 Å². The smallest absolute Gasteiger partial charge is 0.232 e. The predicted octanol–water partition coefficient (Wildman–Crippen LogP) is 3.21. The zero-order valence-corrected chi connectivity index (χ0v) is 15.9. The van der Waals surface area contributed by atoms with Crippen molar-refractivity contribution in [1.82, 2.24) is 20.2 Å². The van der Waals surface area contributed by atoms with E-state index in [2.05, 4.69) is 22.2 Å². The van der Waals surface area contributed by atoms with Gasteiger partial charge in [-0.25, -0.2) is 4.98 Å². The number of piperidine rings is 1. The summed E-state index contributed by atoms with van der Waals surface area (Å²) in [6.45, 7) is 5.00. The van der Waals surface area contributed by atoms with E-state index in [9.17, 15) is 4.79 Å². The molecule has 0 bridgehead atoms. The van der Waals surface area contributed by atoms with Gasteiger partial charge in [0.2, 0.25) is 5.91 Å². The summed E-state index contributed by atoms with van der Waals surface area (Å²) in [5.74, 6) is 2.50. The minimum atomic E-state index is 0.185. The number of thioether (sulfide) groups is 1. The van der Waals surface area contributed by atoms with Crippen molar-refractivity contribution in [2.24, 2.45) is 5.92 Å². The number of hydrogen-bond acceptors (Lipinski definition) is 4. The van der Waals surface area contributed by atoms with Crippen molar-refractivity contribution in [1.29, 1.82) is 0 Å². The molecule has 1 saturated heterocycles. The second-order valence-corrected chi connectivity index (χ2v) is 8.14. The van der Waals surface area contributed by atoms with Crippen LogP contribution in [0.4, 0.5) is 0 Å². The van der Waals surface area contributed by atoms with Crippen LogP contribution in [0.5, 0.6) is 0 Å². The van der Waals surface area contributed by atoms with Crippen LogP contribution in [0.15, 0.2) is 24.3 Å². The third-order valence-electron chi connectivity index (χ3n) is 5.02. The van der Waals surface area contributed by atoms with Crippen LogP contribution in [-0.4, -0.2) is 53.2 Å². The maximum absolute atomic E-state index is 12.5. The zero-order valence-electron chi connectivity index (χ0n) is 15.1. The Labute approximate surface area is 154 Å². The van der Waals surface area contributed by atoms with Gasteiger partial charge in [0.05, 0.1) is 22.0 Å². The van der Waals surface area contributed by atoms with Crippen molar-refractivity contribution in [2.45, 2.75) is 31.4 Å². The summed E-state index contributed by atoms with van der Waals surface area (Å²) in [5, 5.41) is 3.40. The number of aromatic amines is 1. The summed E-state index contributed by atoms with van der Waals surface area (Å²) in [6, 6.07) is 8.04. The van der Waals surface area contributed by atoms with Crippen LogP contribution in [-0.2, 0) is 4.79 Å². The average molecular weight is 361 g/mol. The Balaban J connectivity index is 1.45. The van der Waals surface area contributed by atoms with Gasteiger partial charge in [0.15, 0.2) is 0 Å². The standard InChI is InChI=1S/C19H28N4OS/c1-14(19-21-16-5-3-4-6-17(16)22-19)25-13-18(24)23-11-8-15(9-12-23)7-10-20-2/h3-6,14-15,20H,7-13H2,1-2H3,(H,21,22). The number of nitrogens with zero attached hydrogens (tertiary/aromatic N) is 2. The van der Waals surface area contributed by atoms with E-state index in [1.54, 1.807) is 11.8 Å². The first-order valence-electron chi connectivity index (χ1n) is 9.16. The van der Waals surface area contributed by atoms with Crippen LogP contribution < -0.4 is 5.32 Å². The molecular formula is C19H28N4OS. The molecule has 3 rings (SSSR count). The Morgan fingerprint density at radius 2 is 2.16 bits per heavy atom. The fourth-order valence-electron chi connectivity index (χ4n) is 3.35. The number of benzene rings is 1. The van der Waals surface area contributed by atoms with E-state index in [-0.39, 0.29) is 11.2 Å². The maximum atomic E-state index is 12.5. The molecule has 0 radical (unpaired) electrons. The van der Waals surface area contributed by atoms with Gasteiger partial charge in [-0.15, -0.1) is 11.8 Å². The van der Waals surface area contributed by atoms with E-state index in [0.29, 0.717) is 5.75 Å². The Hall–Kier alpha value is -1.53. The molecule has 1 atom stereocenters. The lowest BCUT2D eigenvalue weighted by Crippen LogP contribution is -2.40. The van der Waals surface area contributed by atoms with Gasteiger partial charge in [0, 0.05) is 13.1 Å². The van der Waals surface area contributed by atoms with Gasteiger partial charge < -0.3 is 15.2 Å². The SMILES string of the molecule is CNCCC1CCN(C(=O)CSC(C)c2nc3ccccc3[nH]2)CC1. The van der Waals surface area contributed by atoms with Crippen molar-refractivity contribution in [3.63, 3.8) is 0 Å². The number of fused-ring (bicyclic) bond motifs is 1. The van der Waals surface area contributed by atoms with Crippen LogP contribution in [0, 0.1) is 5.92 Å². The van der Waals surface area contributed by atoms with E-state index in [1.807, 2.05) is 36.2 Å². The van der Waals surface area contributed by atoms with E-state index < -0.39 is 0 Å². The number of nitrogens with one attached hydrogen (secondary N) is 2. The van der Waals surface area contributed by atoms with Gasteiger partial charge in [0.1, 0.15) is 5.82 Å². The second-order valence-electron chi connectivity index (χ2n) is 6.81. The molecule has 0 saturated carbocycles. The fourth-order valence-corrected chi connectivity index (χ4v) is 4.20. The Kier molecular flexibility index (Phi) is 6.37. The zero-order chi connectivity index (χ0) is 17.6. The second kappa shape index (κ2) is 8.72. The quantitative estimate of drug-likeness (QED) is 0.796. The van der Waals surface area contributed by atoms with Crippen LogP contribution in [0.2, 0.25) is 0 Å². The highest BCUT2D eigenvalue weighted by Crippen LogP contribution is 2.28. The van der Waals surface area contributed by atoms with Gasteiger partial charge in [-0.05, 0) is 57.8 Å². The lowest BCUT2D eigenvalue weighted by Gasteiger charge is -2.32. The summed E-state index contributed by atoms with van der Waals surface area (Å²) in [5.41, 5.74) is 2.04. The average Bonchev–Trinajstić information content (AvgIpc) is 3.09. The van der Waals surface area contributed by atoms with Gasteiger partial charge in [-0.2, -0.15) is 0 Å². The summed E-state index contributed by atoms with van der Waals surface area (Å²) < 4.78 is 0. The molecule has 1 amide bonds. The number of likely N-dealkylation sites (tertiary alicyclic amines) is 1. The number of imidazole rings is 1. The van der Waals surface area contributed by atoms with Crippen LogP contribution in [0.3, 0.4) is 0 Å². The molecule has 25 heavy (non-hydrogen) atoms. The van der Waals surface area contributed by atoms with E-state index in [1.165, 1.54) is 6.42 Å². The third kappa shape index (κ3) is 4.76. The number of amides is 1. The van der Waals surface area contributed by atoms with Gasteiger partial charge in [0.25, 0.3) is 0 Å². The summed E-state index contributed by atoms with van der Waals surface area (Å²) in [4.78, 5) is 22.5. The molecule has 5 nitrogen and oxygen atoms in total. The third-order valence-corrected chi connectivity index (χ3v) is 6.16. The maximum Gasteiger partial charge on any atom is 0.232 e. The molecule has 136 valence electrons. The van der Waals surface area contributed by atoms with Gasteiger partial charge in [-0.1, -0.05) is 12.1 Å². The van der Waals surface area contributed by atoms with E-state index in [0.717, 1.165) is 55.3 Å². The summed E-state index contributed by atoms with van der Waals surface area (Å²) in [7, 11) is 2.00. The molecule has 1 aliphatic heterocycles. The van der Waals surface area contributed by atoms with Crippen molar-refractivity contribution in [3.05, 3.63) is 30.1 Å². The molecular weight excluding hydrogens is 332 g/mol. The number of carbonyl (C=O) groups is 1. The highest BCUT2D eigenvalue weighted by Gasteiger charge is 2.23. The number of carbonyl (C=O) groups excluding carboxylic acids is 1. The van der Waals surface area contributed by atoms with Crippen molar-refractivity contribution >= 4 is 28.7 Å². The molecule has 0 spiro atoms. The molecule has 1 aromatic heterocycles. The first-order chi connectivity index (χ1) is 12.2. The van der Waals surface area contributed by atoms with E-state index in [4.69, 9.17) is 0 Å². The lowest BCUT2D eigenvalue weighted by molar-refractivity contribution is -0.129. The monoisotopic (exact) mass is 360 g/mol. The normalized spacial score (nSPS) is 17.1. The Bertz CT molecular complexity index is 661. The molecule has 6 heteroatoms. The molecule has 2 heterocycles. The minimum Gasteiger partial charge on any atom is -0.342 e. The topological polar surface area (TPSA) is 61.0 Å². The van der Waals surface area contributed by atoms with Crippen molar-refractivity contribution < 1.29 is 4.79 Å². The van der Waals surface area contributed by atoms with Crippen LogP contribution in [0.25, 0.3) is 11.0 Å². The number of rotatable bonds is 7.